The number of carbonyl (C=O) groups is 1. The molecule has 1 atom stereocenters. The standard InChI is InChI=1S/C21H34N6O3/c1-17-16-26(12-13-27(17)20(28)30-21(2,3)4)19-10-9-18(15-23-19)29-14-8-6-5-7-11-24-25-22/h9-10,15,17H,5-8,11-14,16H2,1-4H3/t17-/m0/s1. The second kappa shape index (κ2) is 11.5. The van der Waals surface area contributed by atoms with E-state index < -0.39 is 5.60 Å². The Labute approximate surface area is 179 Å². The van der Waals surface area contributed by atoms with Gasteiger partial charge in [-0.25, -0.2) is 9.78 Å². The van der Waals surface area contributed by atoms with Crippen LogP contribution in [0.15, 0.2) is 23.4 Å². The van der Waals surface area contributed by atoms with Gasteiger partial charge in [-0.05, 0) is 58.2 Å². The first-order chi connectivity index (χ1) is 14.3. The molecule has 30 heavy (non-hydrogen) atoms. The normalized spacial score (nSPS) is 16.7. The van der Waals surface area contributed by atoms with Crippen LogP contribution in [0.2, 0.25) is 0 Å². The molecule has 9 heteroatoms. The molecule has 1 amide bonds. The molecule has 0 aromatic carbocycles. The molecule has 0 bridgehead atoms. The van der Waals surface area contributed by atoms with Crippen molar-refractivity contribution in [3.8, 4) is 5.75 Å². The highest BCUT2D eigenvalue weighted by molar-refractivity contribution is 5.69. The average molecular weight is 419 g/mol. The van der Waals surface area contributed by atoms with Gasteiger partial charge in [-0.3, -0.25) is 0 Å². The molecular formula is C21H34N6O3. The van der Waals surface area contributed by atoms with Crippen LogP contribution in [0.3, 0.4) is 0 Å². The summed E-state index contributed by atoms with van der Waals surface area (Å²) in [6.45, 7) is 10.9. The zero-order valence-electron chi connectivity index (χ0n) is 18.6. The molecule has 1 aromatic rings. The molecule has 1 aliphatic rings. The van der Waals surface area contributed by atoms with E-state index >= 15 is 0 Å². The number of hydrogen-bond donors (Lipinski definition) is 0. The average Bonchev–Trinajstić information content (AvgIpc) is 2.69. The minimum atomic E-state index is -0.489. The van der Waals surface area contributed by atoms with Crippen molar-refractivity contribution in [3.05, 3.63) is 28.8 Å². The van der Waals surface area contributed by atoms with Gasteiger partial charge in [-0.1, -0.05) is 18.0 Å². The summed E-state index contributed by atoms with van der Waals surface area (Å²) in [6, 6.07) is 3.95. The van der Waals surface area contributed by atoms with Gasteiger partial charge >= 0.3 is 6.09 Å². The third kappa shape index (κ3) is 7.99. The summed E-state index contributed by atoms with van der Waals surface area (Å²) in [6.07, 6.45) is 5.45. The Morgan fingerprint density at radius 2 is 2.03 bits per heavy atom. The third-order valence-corrected chi connectivity index (χ3v) is 4.78. The van der Waals surface area contributed by atoms with E-state index in [1.807, 2.05) is 39.8 Å². The first-order valence-corrected chi connectivity index (χ1v) is 10.6. The van der Waals surface area contributed by atoms with E-state index in [1.54, 1.807) is 11.1 Å². The quantitative estimate of drug-likeness (QED) is 0.248. The second-order valence-electron chi connectivity index (χ2n) is 8.54. The molecule has 9 nitrogen and oxygen atoms in total. The number of aromatic nitrogens is 1. The Bertz CT molecular complexity index is 712. The monoisotopic (exact) mass is 418 g/mol. The number of azide groups is 1. The molecule has 2 rings (SSSR count). The van der Waals surface area contributed by atoms with E-state index in [9.17, 15) is 4.79 Å². The van der Waals surface area contributed by atoms with Crippen molar-refractivity contribution < 1.29 is 14.3 Å². The van der Waals surface area contributed by atoms with Gasteiger partial charge in [0.1, 0.15) is 17.2 Å². The first-order valence-electron chi connectivity index (χ1n) is 10.6. The fourth-order valence-corrected chi connectivity index (χ4v) is 3.28. The van der Waals surface area contributed by atoms with Crippen molar-refractivity contribution in [2.24, 2.45) is 5.11 Å². The minimum Gasteiger partial charge on any atom is -0.492 e. The first kappa shape index (κ1) is 23.6. The summed E-state index contributed by atoms with van der Waals surface area (Å²) in [5.41, 5.74) is 7.74. The van der Waals surface area contributed by atoms with Gasteiger partial charge in [0.15, 0.2) is 0 Å². The van der Waals surface area contributed by atoms with Crippen LogP contribution in [0.5, 0.6) is 5.75 Å². The Morgan fingerprint density at radius 3 is 2.67 bits per heavy atom. The van der Waals surface area contributed by atoms with Crippen molar-refractivity contribution in [1.29, 1.82) is 0 Å². The lowest BCUT2D eigenvalue weighted by molar-refractivity contribution is 0.0158. The fraction of sp³-hybridized carbons (Fsp3) is 0.714. The number of pyridine rings is 1. The highest BCUT2D eigenvalue weighted by Crippen LogP contribution is 2.21. The zero-order chi connectivity index (χ0) is 22.0. The maximum absolute atomic E-state index is 12.4. The van der Waals surface area contributed by atoms with Crippen LogP contribution in [0, 0.1) is 0 Å². The molecule has 1 aromatic heterocycles. The Hall–Kier alpha value is -2.67. The number of carbonyl (C=O) groups excluding carboxylic acids is 1. The largest absolute Gasteiger partial charge is 0.492 e. The summed E-state index contributed by atoms with van der Waals surface area (Å²) >= 11 is 0. The van der Waals surface area contributed by atoms with E-state index in [2.05, 4.69) is 19.9 Å². The Balaban J connectivity index is 1.73. The number of amides is 1. The molecule has 0 spiro atoms. The lowest BCUT2D eigenvalue weighted by atomic mass is 10.2. The van der Waals surface area contributed by atoms with Crippen LogP contribution in [0.1, 0.15) is 53.4 Å². The van der Waals surface area contributed by atoms with Crippen LogP contribution in [-0.4, -0.2) is 60.4 Å². The maximum atomic E-state index is 12.4. The molecule has 0 N–H and O–H groups in total. The molecule has 1 saturated heterocycles. The highest BCUT2D eigenvalue weighted by Gasteiger charge is 2.31. The summed E-state index contributed by atoms with van der Waals surface area (Å²) in [7, 11) is 0. The molecule has 0 saturated carbocycles. The second-order valence-corrected chi connectivity index (χ2v) is 8.54. The lowest BCUT2D eigenvalue weighted by Gasteiger charge is -2.40. The van der Waals surface area contributed by atoms with Crippen molar-refractivity contribution in [2.75, 3.05) is 37.7 Å². The smallest absolute Gasteiger partial charge is 0.410 e. The molecule has 1 aliphatic heterocycles. The number of hydrogen-bond acceptors (Lipinski definition) is 6. The van der Waals surface area contributed by atoms with Crippen LogP contribution >= 0.6 is 0 Å². The minimum absolute atomic E-state index is 0.0465. The van der Waals surface area contributed by atoms with Gasteiger partial charge in [-0.2, -0.15) is 0 Å². The Morgan fingerprint density at radius 1 is 1.27 bits per heavy atom. The van der Waals surface area contributed by atoms with Crippen LogP contribution in [-0.2, 0) is 4.74 Å². The van der Waals surface area contributed by atoms with Gasteiger partial charge in [0.25, 0.3) is 0 Å². The summed E-state index contributed by atoms with van der Waals surface area (Å²) in [4.78, 5) is 23.6. The zero-order valence-corrected chi connectivity index (χ0v) is 18.6. The molecule has 2 heterocycles. The van der Waals surface area contributed by atoms with Crippen LogP contribution < -0.4 is 9.64 Å². The predicted molar refractivity (Wildman–Crippen MR) is 117 cm³/mol. The van der Waals surface area contributed by atoms with E-state index in [0.717, 1.165) is 37.3 Å². The van der Waals surface area contributed by atoms with E-state index in [0.29, 0.717) is 32.8 Å². The number of nitrogens with zero attached hydrogens (tertiary/aromatic N) is 6. The molecule has 0 aliphatic carbocycles. The van der Waals surface area contributed by atoms with Gasteiger partial charge in [0.2, 0.25) is 0 Å². The predicted octanol–water partition coefficient (Wildman–Crippen LogP) is 4.78. The summed E-state index contributed by atoms with van der Waals surface area (Å²) < 4.78 is 11.3. The summed E-state index contributed by atoms with van der Waals surface area (Å²) in [5.74, 6) is 1.64. The maximum Gasteiger partial charge on any atom is 0.410 e. The molecule has 1 fully saturated rings. The number of piperazine rings is 1. The number of anilines is 1. The van der Waals surface area contributed by atoms with Gasteiger partial charge in [0.05, 0.1) is 12.8 Å². The van der Waals surface area contributed by atoms with Crippen molar-refractivity contribution in [3.63, 3.8) is 0 Å². The topological polar surface area (TPSA) is 104 Å². The van der Waals surface area contributed by atoms with E-state index in [1.165, 1.54) is 0 Å². The van der Waals surface area contributed by atoms with Crippen molar-refractivity contribution >= 4 is 11.9 Å². The number of unbranched alkanes of at least 4 members (excludes halogenated alkanes) is 3. The van der Waals surface area contributed by atoms with Gasteiger partial charge < -0.3 is 19.3 Å². The Kier molecular flexibility index (Phi) is 9.05. The molecular weight excluding hydrogens is 384 g/mol. The third-order valence-electron chi connectivity index (χ3n) is 4.78. The van der Waals surface area contributed by atoms with E-state index in [4.69, 9.17) is 15.0 Å². The number of ether oxygens (including phenoxy) is 2. The number of rotatable bonds is 9. The van der Waals surface area contributed by atoms with E-state index in [-0.39, 0.29) is 12.1 Å². The fourth-order valence-electron chi connectivity index (χ4n) is 3.28. The highest BCUT2D eigenvalue weighted by atomic mass is 16.6. The van der Waals surface area contributed by atoms with Crippen molar-refractivity contribution in [2.45, 2.75) is 65.0 Å². The summed E-state index contributed by atoms with van der Waals surface area (Å²) in [5, 5.41) is 3.53. The van der Waals surface area contributed by atoms with Gasteiger partial charge in [-0.15, -0.1) is 0 Å². The van der Waals surface area contributed by atoms with Crippen LogP contribution in [0.25, 0.3) is 10.4 Å². The lowest BCUT2D eigenvalue weighted by Crippen LogP contribution is -2.55. The molecule has 0 unspecified atom stereocenters. The van der Waals surface area contributed by atoms with Gasteiger partial charge in [0, 0.05) is 37.1 Å². The molecule has 166 valence electrons. The SMILES string of the molecule is C[C@H]1CN(c2ccc(OCCCCCCN=[N+]=[N-])cn2)CCN1C(=O)OC(C)(C)C. The molecule has 0 radical (unpaired) electrons. The van der Waals surface area contributed by atoms with Crippen LogP contribution in [0.4, 0.5) is 10.6 Å². The van der Waals surface area contributed by atoms with Crippen molar-refractivity contribution in [1.82, 2.24) is 9.88 Å².